The SMILES string of the molecule is CCCCCCO[C@@H]1[C@H](O)[C@@H](COC(c2ccccc2)(c2ccc(OC)cc2)c2ccc(OC)cc2)O[C@H]1n1ccc(=O)[nH]c1=O. The number of nitrogens with one attached hydrogen (secondary N) is 1. The zero-order valence-electron chi connectivity index (χ0n) is 26.5. The summed E-state index contributed by atoms with van der Waals surface area (Å²) in [7, 11) is 3.23. The molecule has 2 heterocycles. The lowest BCUT2D eigenvalue weighted by Crippen LogP contribution is -2.41. The molecule has 1 aliphatic heterocycles. The molecule has 2 N–H and O–H groups in total. The number of methoxy groups -OCH3 is 2. The fourth-order valence-electron chi connectivity index (χ4n) is 5.92. The summed E-state index contributed by atoms with van der Waals surface area (Å²) in [5.74, 6) is 1.39. The molecule has 1 aliphatic rings. The van der Waals surface area contributed by atoms with Crippen molar-refractivity contribution in [3.05, 3.63) is 129 Å². The fourth-order valence-corrected chi connectivity index (χ4v) is 5.92. The van der Waals surface area contributed by atoms with Gasteiger partial charge in [0.15, 0.2) is 6.23 Å². The van der Waals surface area contributed by atoms with Gasteiger partial charge in [0.1, 0.15) is 35.4 Å². The molecule has 0 bridgehead atoms. The number of hydrogen-bond donors (Lipinski definition) is 2. The number of hydrogen-bond acceptors (Lipinski definition) is 8. The van der Waals surface area contributed by atoms with Crippen LogP contribution in [0.15, 0.2) is 101 Å². The van der Waals surface area contributed by atoms with Crippen LogP contribution in [0.5, 0.6) is 11.5 Å². The van der Waals surface area contributed by atoms with Crippen molar-refractivity contribution in [1.82, 2.24) is 9.55 Å². The zero-order valence-corrected chi connectivity index (χ0v) is 26.5. The van der Waals surface area contributed by atoms with Gasteiger partial charge in [-0.2, -0.15) is 0 Å². The largest absolute Gasteiger partial charge is 0.497 e. The van der Waals surface area contributed by atoms with Gasteiger partial charge in [-0.3, -0.25) is 14.3 Å². The van der Waals surface area contributed by atoms with E-state index in [2.05, 4.69) is 11.9 Å². The second-order valence-electron chi connectivity index (χ2n) is 11.3. The number of aromatic amines is 1. The number of aliphatic hydroxyl groups is 1. The summed E-state index contributed by atoms with van der Waals surface area (Å²) in [4.78, 5) is 26.9. The summed E-state index contributed by atoms with van der Waals surface area (Å²) in [6, 6.07) is 26.4. The van der Waals surface area contributed by atoms with Gasteiger partial charge in [0, 0.05) is 18.9 Å². The number of rotatable bonds is 15. The minimum Gasteiger partial charge on any atom is -0.497 e. The maximum Gasteiger partial charge on any atom is 0.330 e. The van der Waals surface area contributed by atoms with Crippen molar-refractivity contribution < 1.29 is 28.8 Å². The number of ether oxygens (including phenoxy) is 5. The Labute approximate surface area is 268 Å². The Morgan fingerprint density at radius 2 is 1.43 bits per heavy atom. The van der Waals surface area contributed by atoms with E-state index in [1.807, 2.05) is 78.9 Å². The van der Waals surface area contributed by atoms with E-state index in [-0.39, 0.29) is 6.61 Å². The van der Waals surface area contributed by atoms with Crippen LogP contribution in [0.4, 0.5) is 0 Å². The second-order valence-corrected chi connectivity index (χ2v) is 11.3. The van der Waals surface area contributed by atoms with Gasteiger partial charge >= 0.3 is 5.69 Å². The minimum atomic E-state index is -1.13. The van der Waals surface area contributed by atoms with Crippen LogP contribution in [0.2, 0.25) is 0 Å². The van der Waals surface area contributed by atoms with E-state index in [0.29, 0.717) is 18.1 Å². The zero-order chi connectivity index (χ0) is 32.5. The van der Waals surface area contributed by atoms with Crippen LogP contribution in [0.1, 0.15) is 55.5 Å². The van der Waals surface area contributed by atoms with E-state index >= 15 is 0 Å². The highest BCUT2D eigenvalue weighted by Crippen LogP contribution is 2.43. The molecule has 46 heavy (non-hydrogen) atoms. The van der Waals surface area contributed by atoms with Gasteiger partial charge in [-0.05, 0) is 47.4 Å². The predicted molar refractivity (Wildman–Crippen MR) is 173 cm³/mol. The van der Waals surface area contributed by atoms with Crippen LogP contribution in [0.3, 0.4) is 0 Å². The van der Waals surface area contributed by atoms with Gasteiger partial charge in [0.05, 0.1) is 20.8 Å². The quantitative estimate of drug-likeness (QED) is 0.142. The van der Waals surface area contributed by atoms with Crippen molar-refractivity contribution in [1.29, 1.82) is 0 Å². The molecule has 0 aliphatic carbocycles. The van der Waals surface area contributed by atoms with Crippen LogP contribution in [-0.2, 0) is 19.8 Å². The number of benzene rings is 3. The first-order chi connectivity index (χ1) is 22.4. The van der Waals surface area contributed by atoms with Crippen LogP contribution < -0.4 is 20.7 Å². The van der Waals surface area contributed by atoms with Crippen LogP contribution in [0.25, 0.3) is 0 Å². The van der Waals surface area contributed by atoms with Gasteiger partial charge in [-0.15, -0.1) is 0 Å². The smallest absolute Gasteiger partial charge is 0.330 e. The number of H-pyrrole nitrogens is 1. The first-order valence-electron chi connectivity index (χ1n) is 15.7. The van der Waals surface area contributed by atoms with E-state index in [9.17, 15) is 14.7 Å². The molecule has 0 amide bonds. The third-order valence-electron chi connectivity index (χ3n) is 8.38. The Hall–Kier alpha value is -4.22. The van der Waals surface area contributed by atoms with Gasteiger partial charge < -0.3 is 28.8 Å². The Kier molecular flexibility index (Phi) is 11.1. The van der Waals surface area contributed by atoms with Crippen LogP contribution >= 0.6 is 0 Å². The molecule has 1 saturated heterocycles. The summed E-state index contributed by atoms with van der Waals surface area (Å²) in [5, 5.41) is 11.6. The summed E-state index contributed by atoms with van der Waals surface area (Å²) in [6.45, 7) is 2.46. The summed E-state index contributed by atoms with van der Waals surface area (Å²) in [6.07, 6.45) is 1.45. The number of aromatic nitrogens is 2. The third kappa shape index (κ3) is 7.10. The van der Waals surface area contributed by atoms with Gasteiger partial charge in [0.25, 0.3) is 5.56 Å². The molecular formula is C36H42N2O8. The molecule has 0 radical (unpaired) electrons. The van der Waals surface area contributed by atoms with Crippen molar-refractivity contribution >= 4 is 0 Å². The number of nitrogens with zero attached hydrogens (tertiary/aromatic N) is 1. The molecule has 5 rings (SSSR count). The molecule has 0 spiro atoms. The predicted octanol–water partition coefficient (Wildman–Crippen LogP) is 4.79. The van der Waals surface area contributed by atoms with E-state index < -0.39 is 41.4 Å². The lowest BCUT2D eigenvalue weighted by atomic mass is 9.80. The van der Waals surface area contributed by atoms with Gasteiger partial charge in [-0.25, -0.2) is 4.79 Å². The highest BCUT2D eigenvalue weighted by atomic mass is 16.6. The van der Waals surface area contributed by atoms with E-state index in [1.54, 1.807) is 14.2 Å². The summed E-state index contributed by atoms with van der Waals surface area (Å²) < 4.78 is 31.6. The molecule has 4 atom stereocenters. The normalized spacial score (nSPS) is 19.7. The van der Waals surface area contributed by atoms with E-state index in [1.165, 1.54) is 16.8 Å². The highest BCUT2D eigenvalue weighted by molar-refractivity contribution is 5.49. The number of aliphatic hydroxyl groups excluding tert-OH is 1. The Balaban J connectivity index is 1.52. The molecule has 4 aromatic rings. The molecule has 1 fully saturated rings. The summed E-state index contributed by atoms with van der Waals surface area (Å²) in [5.41, 5.74) is 0.203. The molecule has 244 valence electrons. The average Bonchev–Trinajstić information content (AvgIpc) is 3.40. The lowest BCUT2D eigenvalue weighted by Gasteiger charge is -2.37. The first-order valence-corrected chi connectivity index (χ1v) is 15.7. The Bertz CT molecular complexity index is 1590. The standard InChI is InChI=1S/C36H42N2O8/c1-4-5-6-10-23-44-33-32(40)30(46-34(33)38-22-21-31(39)37-35(38)41)24-45-36(25-11-8-7-9-12-25,26-13-17-28(42-2)18-14-26)27-15-19-29(43-3)20-16-27/h7-9,11-22,30,32-34,40H,4-6,10,23-24H2,1-3H3,(H,37,39,41)/t30-,32-,33-,34-/m1/s1. The highest BCUT2D eigenvalue weighted by Gasteiger charge is 2.48. The lowest BCUT2D eigenvalue weighted by molar-refractivity contribution is -0.0982. The molecule has 3 aromatic carbocycles. The molecule has 0 saturated carbocycles. The maximum atomic E-state index is 12.8. The van der Waals surface area contributed by atoms with Crippen molar-refractivity contribution in [2.75, 3.05) is 27.4 Å². The molecule has 1 aromatic heterocycles. The van der Waals surface area contributed by atoms with E-state index in [0.717, 1.165) is 42.4 Å². The Morgan fingerprint density at radius 1 is 0.826 bits per heavy atom. The van der Waals surface area contributed by atoms with Crippen LogP contribution in [-0.4, -0.2) is 60.4 Å². The molecule has 10 heteroatoms. The van der Waals surface area contributed by atoms with E-state index in [4.69, 9.17) is 23.7 Å². The van der Waals surface area contributed by atoms with Crippen molar-refractivity contribution in [3.63, 3.8) is 0 Å². The summed E-state index contributed by atoms with van der Waals surface area (Å²) >= 11 is 0. The van der Waals surface area contributed by atoms with Crippen LogP contribution in [0, 0.1) is 0 Å². The Morgan fingerprint density at radius 3 is 2.00 bits per heavy atom. The van der Waals surface area contributed by atoms with Crippen molar-refractivity contribution in [2.24, 2.45) is 0 Å². The maximum absolute atomic E-state index is 12.8. The van der Waals surface area contributed by atoms with Gasteiger partial charge in [0.2, 0.25) is 0 Å². The third-order valence-corrected chi connectivity index (χ3v) is 8.38. The van der Waals surface area contributed by atoms with Crippen molar-refractivity contribution in [3.8, 4) is 11.5 Å². The van der Waals surface area contributed by atoms with Crippen molar-refractivity contribution in [2.45, 2.75) is 62.7 Å². The molecule has 10 nitrogen and oxygen atoms in total. The monoisotopic (exact) mass is 630 g/mol. The second kappa shape index (κ2) is 15.4. The first kappa shape index (κ1) is 33.2. The molecular weight excluding hydrogens is 588 g/mol. The van der Waals surface area contributed by atoms with Gasteiger partial charge in [-0.1, -0.05) is 80.8 Å². The molecule has 0 unspecified atom stereocenters. The average molecular weight is 631 g/mol. The fraction of sp³-hybridized carbons (Fsp3) is 0.389. The minimum absolute atomic E-state index is 0.0571. The number of unbranched alkanes of at least 4 members (excludes halogenated alkanes) is 3. The topological polar surface area (TPSA) is 121 Å².